The number of hydrogen-bond donors (Lipinski definition) is 1. The lowest BCUT2D eigenvalue weighted by atomic mass is 9.97. The fourth-order valence-corrected chi connectivity index (χ4v) is 3.54. The second-order valence-electron chi connectivity index (χ2n) is 7.07. The summed E-state index contributed by atoms with van der Waals surface area (Å²) in [5.74, 6) is -0.0210. The molecule has 1 atom stereocenters. The van der Waals surface area contributed by atoms with Crippen LogP contribution in [0.4, 0.5) is 4.79 Å². The van der Waals surface area contributed by atoms with Gasteiger partial charge < -0.3 is 19.4 Å². The highest BCUT2D eigenvalue weighted by molar-refractivity contribution is 5.94. The minimum atomic E-state index is -0.405. The molecule has 1 N–H and O–H groups in total. The normalized spacial score (nSPS) is 21.2. The molecule has 0 spiro atoms. The summed E-state index contributed by atoms with van der Waals surface area (Å²) < 4.78 is 10.2. The predicted octanol–water partition coefficient (Wildman–Crippen LogP) is 1.48. The van der Waals surface area contributed by atoms with E-state index in [-0.39, 0.29) is 36.4 Å². The number of carbonyl (C=O) groups excluding carboxylic acids is 3. The number of ether oxygens (including phenoxy) is 1. The SMILES string of the molecule is CC(C)C1COC(=O)N1C1CCN(C(=O)CNC(=O)c2ccco2)CC1. The molecule has 0 aromatic carbocycles. The van der Waals surface area contributed by atoms with E-state index in [1.807, 2.05) is 4.90 Å². The number of amides is 3. The summed E-state index contributed by atoms with van der Waals surface area (Å²) in [7, 11) is 0. The van der Waals surface area contributed by atoms with Crippen LogP contribution in [0.25, 0.3) is 0 Å². The molecule has 1 unspecified atom stereocenters. The first-order valence-electron chi connectivity index (χ1n) is 9.02. The maximum absolute atomic E-state index is 12.3. The molecule has 2 aliphatic rings. The summed E-state index contributed by atoms with van der Waals surface area (Å²) in [5.41, 5.74) is 0. The van der Waals surface area contributed by atoms with Crippen molar-refractivity contribution in [3.05, 3.63) is 24.2 Å². The predicted molar refractivity (Wildman–Crippen MR) is 92.5 cm³/mol. The van der Waals surface area contributed by atoms with E-state index in [1.54, 1.807) is 17.0 Å². The molecular formula is C18H25N3O5. The van der Waals surface area contributed by atoms with Gasteiger partial charge in [0.15, 0.2) is 5.76 Å². The molecule has 2 aliphatic heterocycles. The minimum Gasteiger partial charge on any atom is -0.459 e. The molecule has 2 fully saturated rings. The van der Waals surface area contributed by atoms with Gasteiger partial charge in [-0.2, -0.15) is 0 Å². The van der Waals surface area contributed by atoms with E-state index in [2.05, 4.69) is 19.2 Å². The highest BCUT2D eigenvalue weighted by Crippen LogP contribution is 2.27. The molecule has 3 heterocycles. The Hall–Kier alpha value is -2.51. The van der Waals surface area contributed by atoms with Crippen molar-refractivity contribution in [3.8, 4) is 0 Å². The van der Waals surface area contributed by atoms with Crippen molar-refractivity contribution < 1.29 is 23.5 Å². The lowest BCUT2D eigenvalue weighted by Crippen LogP contribution is -2.52. The third kappa shape index (κ3) is 3.84. The molecule has 2 saturated heterocycles. The molecule has 142 valence electrons. The van der Waals surface area contributed by atoms with Crippen LogP contribution in [0, 0.1) is 5.92 Å². The molecule has 0 bridgehead atoms. The number of nitrogens with one attached hydrogen (secondary N) is 1. The van der Waals surface area contributed by atoms with Crippen molar-refractivity contribution in [2.24, 2.45) is 5.92 Å². The summed E-state index contributed by atoms with van der Waals surface area (Å²) in [6.07, 6.45) is 2.60. The monoisotopic (exact) mass is 363 g/mol. The van der Waals surface area contributed by atoms with E-state index < -0.39 is 5.91 Å². The molecule has 8 heteroatoms. The van der Waals surface area contributed by atoms with Crippen LogP contribution in [-0.2, 0) is 9.53 Å². The second kappa shape index (κ2) is 7.80. The van der Waals surface area contributed by atoms with Gasteiger partial charge in [0.2, 0.25) is 5.91 Å². The van der Waals surface area contributed by atoms with Gasteiger partial charge in [-0.15, -0.1) is 0 Å². The minimum absolute atomic E-state index is 0.0649. The van der Waals surface area contributed by atoms with E-state index in [0.29, 0.717) is 25.6 Å². The Morgan fingerprint density at radius 1 is 1.31 bits per heavy atom. The lowest BCUT2D eigenvalue weighted by molar-refractivity contribution is -0.131. The number of rotatable bonds is 5. The van der Waals surface area contributed by atoms with Crippen molar-refractivity contribution in [3.63, 3.8) is 0 Å². The van der Waals surface area contributed by atoms with Crippen LogP contribution in [-0.4, -0.2) is 66.0 Å². The van der Waals surface area contributed by atoms with Gasteiger partial charge >= 0.3 is 6.09 Å². The average molecular weight is 363 g/mol. The Balaban J connectivity index is 1.48. The smallest absolute Gasteiger partial charge is 0.410 e. The van der Waals surface area contributed by atoms with E-state index in [0.717, 1.165) is 12.8 Å². The van der Waals surface area contributed by atoms with Crippen LogP contribution >= 0.6 is 0 Å². The van der Waals surface area contributed by atoms with E-state index in [4.69, 9.17) is 9.15 Å². The lowest BCUT2D eigenvalue weighted by Gasteiger charge is -2.38. The fourth-order valence-electron chi connectivity index (χ4n) is 3.54. The van der Waals surface area contributed by atoms with Gasteiger partial charge in [-0.25, -0.2) is 4.79 Å². The van der Waals surface area contributed by atoms with Gasteiger partial charge in [-0.1, -0.05) is 13.8 Å². The third-order valence-corrected chi connectivity index (χ3v) is 5.07. The Morgan fingerprint density at radius 2 is 2.04 bits per heavy atom. The Morgan fingerprint density at radius 3 is 2.65 bits per heavy atom. The summed E-state index contributed by atoms with van der Waals surface area (Å²) in [6, 6.07) is 3.36. The molecule has 3 rings (SSSR count). The molecule has 3 amide bonds. The summed E-state index contributed by atoms with van der Waals surface area (Å²) >= 11 is 0. The number of hydrogen-bond acceptors (Lipinski definition) is 5. The Labute approximate surface area is 152 Å². The van der Waals surface area contributed by atoms with Crippen LogP contribution in [0.15, 0.2) is 22.8 Å². The first-order chi connectivity index (χ1) is 12.5. The zero-order valence-electron chi connectivity index (χ0n) is 15.1. The second-order valence-corrected chi connectivity index (χ2v) is 7.07. The van der Waals surface area contributed by atoms with Gasteiger partial charge in [-0.05, 0) is 30.9 Å². The van der Waals surface area contributed by atoms with Crippen molar-refractivity contribution in [2.75, 3.05) is 26.2 Å². The zero-order chi connectivity index (χ0) is 18.7. The van der Waals surface area contributed by atoms with Crippen LogP contribution in [0.1, 0.15) is 37.2 Å². The highest BCUT2D eigenvalue weighted by atomic mass is 16.6. The van der Waals surface area contributed by atoms with Gasteiger partial charge in [0.25, 0.3) is 5.91 Å². The van der Waals surface area contributed by atoms with E-state index in [9.17, 15) is 14.4 Å². The number of piperidine rings is 1. The van der Waals surface area contributed by atoms with Gasteiger partial charge in [0.1, 0.15) is 6.61 Å². The first kappa shape index (κ1) is 18.3. The molecule has 0 radical (unpaired) electrons. The molecule has 8 nitrogen and oxygen atoms in total. The molecule has 26 heavy (non-hydrogen) atoms. The van der Waals surface area contributed by atoms with Crippen LogP contribution < -0.4 is 5.32 Å². The third-order valence-electron chi connectivity index (χ3n) is 5.07. The topological polar surface area (TPSA) is 92.1 Å². The first-order valence-corrected chi connectivity index (χ1v) is 9.02. The average Bonchev–Trinajstić information content (AvgIpc) is 3.29. The zero-order valence-corrected chi connectivity index (χ0v) is 15.1. The van der Waals surface area contributed by atoms with Gasteiger partial charge in [0, 0.05) is 19.1 Å². The maximum atomic E-state index is 12.3. The summed E-state index contributed by atoms with van der Waals surface area (Å²) in [6.45, 7) is 5.67. The number of carbonyl (C=O) groups is 3. The van der Waals surface area contributed by atoms with E-state index in [1.165, 1.54) is 6.26 Å². The maximum Gasteiger partial charge on any atom is 0.410 e. The van der Waals surface area contributed by atoms with Crippen molar-refractivity contribution >= 4 is 17.9 Å². The van der Waals surface area contributed by atoms with Crippen LogP contribution in [0.3, 0.4) is 0 Å². The number of nitrogens with zero attached hydrogens (tertiary/aromatic N) is 2. The van der Waals surface area contributed by atoms with Gasteiger partial charge in [0.05, 0.1) is 18.8 Å². The molecule has 1 aromatic heterocycles. The fraction of sp³-hybridized carbons (Fsp3) is 0.611. The summed E-state index contributed by atoms with van der Waals surface area (Å²) in [5, 5.41) is 2.57. The Bertz CT molecular complexity index is 650. The molecule has 0 aliphatic carbocycles. The van der Waals surface area contributed by atoms with E-state index >= 15 is 0 Å². The Kier molecular flexibility index (Phi) is 5.49. The van der Waals surface area contributed by atoms with Crippen LogP contribution in [0.2, 0.25) is 0 Å². The molecular weight excluding hydrogens is 338 g/mol. The quantitative estimate of drug-likeness (QED) is 0.855. The highest BCUT2D eigenvalue weighted by Gasteiger charge is 2.41. The number of furan rings is 1. The number of likely N-dealkylation sites (tertiary alicyclic amines) is 1. The van der Waals surface area contributed by atoms with Crippen molar-refractivity contribution in [2.45, 2.75) is 38.8 Å². The van der Waals surface area contributed by atoms with Crippen LogP contribution in [0.5, 0.6) is 0 Å². The molecule has 0 saturated carbocycles. The van der Waals surface area contributed by atoms with Crippen molar-refractivity contribution in [1.82, 2.24) is 15.1 Å². The largest absolute Gasteiger partial charge is 0.459 e. The summed E-state index contributed by atoms with van der Waals surface area (Å²) in [4.78, 5) is 39.8. The molecule has 1 aromatic rings. The van der Waals surface area contributed by atoms with Crippen molar-refractivity contribution in [1.29, 1.82) is 0 Å². The standard InChI is InChI=1S/C18H25N3O5/c1-12(2)14-11-26-18(24)21(14)13-5-7-20(8-6-13)16(22)10-19-17(23)15-4-3-9-25-15/h3-4,9,12-14H,5-8,10-11H2,1-2H3,(H,19,23). The van der Waals surface area contributed by atoms with Gasteiger partial charge in [-0.3, -0.25) is 14.5 Å². The number of cyclic esters (lactones) is 1.